The average molecular weight is 275 g/mol. The molecule has 0 heterocycles. The fourth-order valence-corrected chi connectivity index (χ4v) is 2.22. The van der Waals surface area contributed by atoms with Crippen molar-refractivity contribution in [2.24, 2.45) is 0 Å². The van der Waals surface area contributed by atoms with E-state index in [1.165, 1.54) is 0 Å². The van der Waals surface area contributed by atoms with Crippen LogP contribution in [0.15, 0.2) is 78.9 Å². The fourth-order valence-electron chi connectivity index (χ4n) is 2.22. The van der Waals surface area contributed by atoms with E-state index in [2.05, 4.69) is 18.2 Å². The Morgan fingerprint density at radius 1 is 0.714 bits per heavy atom. The molecule has 2 heteroatoms. The number of hydrogen-bond acceptors (Lipinski definition) is 2. The molecule has 2 N–H and O–H groups in total. The molecule has 104 valence electrons. The predicted octanol–water partition coefficient (Wildman–Crippen LogP) is 4.51. The summed E-state index contributed by atoms with van der Waals surface area (Å²) in [5, 5.41) is 0. The standard InChI is InChI=1S/C19H17NO/c20-18-10-4-8-16(12-18)17-9-5-11-19(13-17)21-14-15-6-2-1-3-7-15/h1-13H,14,20H2. The largest absolute Gasteiger partial charge is 0.489 e. The van der Waals surface area contributed by atoms with Crippen LogP contribution in [0.3, 0.4) is 0 Å². The van der Waals surface area contributed by atoms with Gasteiger partial charge >= 0.3 is 0 Å². The molecular weight excluding hydrogens is 258 g/mol. The molecule has 0 atom stereocenters. The molecule has 21 heavy (non-hydrogen) atoms. The SMILES string of the molecule is Nc1cccc(-c2cccc(OCc3ccccc3)c2)c1. The van der Waals surface area contributed by atoms with Crippen LogP contribution < -0.4 is 10.5 Å². The third kappa shape index (κ3) is 3.42. The smallest absolute Gasteiger partial charge is 0.120 e. The number of nitrogen functional groups attached to an aromatic ring is 1. The first-order valence-corrected chi connectivity index (χ1v) is 6.94. The minimum Gasteiger partial charge on any atom is -0.489 e. The highest BCUT2D eigenvalue weighted by Gasteiger charge is 2.01. The van der Waals surface area contributed by atoms with Crippen LogP contribution >= 0.6 is 0 Å². The van der Waals surface area contributed by atoms with Crippen LogP contribution in [-0.2, 0) is 6.61 Å². The summed E-state index contributed by atoms with van der Waals surface area (Å²) in [7, 11) is 0. The lowest BCUT2D eigenvalue weighted by atomic mass is 10.1. The van der Waals surface area contributed by atoms with Gasteiger partial charge in [0.2, 0.25) is 0 Å². The van der Waals surface area contributed by atoms with E-state index in [-0.39, 0.29) is 0 Å². The van der Waals surface area contributed by atoms with Crippen molar-refractivity contribution >= 4 is 5.69 Å². The molecule has 0 saturated carbocycles. The molecule has 0 saturated heterocycles. The highest BCUT2D eigenvalue weighted by Crippen LogP contribution is 2.25. The van der Waals surface area contributed by atoms with Crippen LogP contribution in [0.25, 0.3) is 11.1 Å². The van der Waals surface area contributed by atoms with Crippen LogP contribution in [-0.4, -0.2) is 0 Å². The minimum atomic E-state index is 0.571. The van der Waals surface area contributed by atoms with E-state index in [4.69, 9.17) is 10.5 Å². The Balaban J connectivity index is 1.77. The molecule has 2 nitrogen and oxygen atoms in total. The monoisotopic (exact) mass is 275 g/mol. The number of hydrogen-bond donors (Lipinski definition) is 1. The van der Waals surface area contributed by atoms with Gasteiger partial charge in [-0.3, -0.25) is 0 Å². The molecule has 0 aromatic heterocycles. The summed E-state index contributed by atoms with van der Waals surface area (Å²) in [6, 6.07) is 26.1. The first-order chi connectivity index (χ1) is 10.3. The van der Waals surface area contributed by atoms with Crippen molar-refractivity contribution in [3.63, 3.8) is 0 Å². The van der Waals surface area contributed by atoms with Gasteiger partial charge in [0, 0.05) is 5.69 Å². The van der Waals surface area contributed by atoms with Crippen molar-refractivity contribution < 1.29 is 4.74 Å². The van der Waals surface area contributed by atoms with E-state index in [1.807, 2.05) is 60.7 Å². The van der Waals surface area contributed by atoms with Crippen molar-refractivity contribution in [3.8, 4) is 16.9 Å². The Labute approximate surface area is 124 Å². The van der Waals surface area contributed by atoms with Gasteiger partial charge in [-0.25, -0.2) is 0 Å². The van der Waals surface area contributed by atoms with Crippen LogP contribution in [0.2, 0.25) is 0 Å². The third-order valence-corrected chi connectivity index (χ3v) is 3.30. The summed E-state index contributed by atoms with van der Waals surface area (Å²) in [4.78, 5) is 0. The van der Waals surface area contributed by atoms with E-state index in [9.17, 15) is 0 Å². The summed E-state index contributed by atoms with van der Waals surface area (Å²) in [6.07, 6.45) is 0. The van der Waals surface area contributed by atoms with Gasteiger partial charge in [-0.05, 0) is 41.0 Å². The van der Waals surface area contributed by atoms with Gasteiger partial charge in [-0.1, -0.05) is 54.6 Å². The zero-order chi connectivity index (χ0) is 14.5. The lowest BCUT2D eigenvalue weighted by Gasteiger charge is -2.09. The summed E-state index contributed by atoms with van der Waals surface area (Å²) in [6.45, 7) is 0.571. The maximum atomic E-state index is 5.85. The van der Waals surface area contributed by atoms with Crippen LogP contribution in [0.4, 0.5) is 5.69 Å². The van der Waals surface area contributed by atoms with E-state index < -0.39 is 0 Å². The zero-order valence-electron chi connectivity index (χ0n) is 11.7. The van der Waals surface area contributed by atoms with Crippen LogP contribution in [0.5, 0.6) is 5.75 Å². The molecule has 0 bridgehead atoms. The number of nitrogens with two attached hydrogens (primary N) is 1. The second-order valence-electron chi connectivity index (χ2n) is 4.93. The van der Waals surface area contributed by atoms with Gasteiger partial charge in [-0.2, -0.15) is 0 Å². The zero-order valence-corrected chi connectivity index (χ0v) is 11.7. The molecule has 0 fully saturated rings. The lowest BCUT2D eigenvalue weighted by molar-refractivity contribution is 0.306. The molecule has 0 radical (unpaired) electrons. The van der Waals surface area contributed by atoms with Gasteiger partial charge in [-0.15, -0.1) is 0 Å². The minimum absolute atomic E-state index is 0.571. The average Bonchev–Trinajstić information content (AvgIpc) is 2.54. The Bertz CT molecular complexity index is 722. The first kappa shape index (κ1) is 13.3. The molecule has 0 unspecified atom stereocenters. The number of rotatable bonds is 4. The van der Waals surface area contributed by atoms with Crippen molar-refractivity contribution in [3.05, 3.63) is 84.4 Å². The molecule has 0 aliphatic carbocycles. The normalized spacial score (nSPS) is 10.3. The highest BCUT2D eigenvalue weighted by atomic mass is 16.5. The van der Waals surface area contributed by atoms with Gasteiger partial charge in [0.25, 0.3) is 0 Å². The van der Waals surface area contributed by atoms with Crippen molar-refractivity contribution in [2.75, 3.05) is 5.73 Å². The molecular formula is C19H17NO. The van der Waals surface area contributed by atoms with Crippen LogP contribution in [0.1, 0.15) is 5.56 Å². The molecule has 0 aliphatic heterocycles. The second kappa shape index (κ2) is 6.14. The molecule has 3 aromatic carbocycles. The van der Waals surface area contributed by atoms with Gasteiger partial charge in [0.1, 0.15) is 12.4 Å². The number of benzene rings is 3. The van der Waals surface area contributed by atoms with Crippen molar-refractivity contribution in [2.45, 2.75) is 6.61 Å². The Hall–Kier alpha value is -2.74. The number of anilines is 1. The van der Waals surface area contributed by atoms with Gasteiger partial charge < -0.3 is 10.5 Å². The first-order valence-electron chi connectivity index (χ1n) is 6.94. The second-order valence-corrected chi connectivity index (χ2v) is 4.93. The third-order valence-electron chi connectivity index (χ3n) is 3.30. The van der Waals surface area contributed by atoms with E-state index >= 15 is 0 Å². The molecule has 3 aromatic rings. The maximum Gasteiger partial charge on any atom is 0.120 e. The molecule has 0 amide bonds. The Morgan fingerprint density at radius 3 is 2.19 bits per heavy atom. The predicted molar refractivity (Wildman–Crippen MR) is 87.1 cm³/mol. The molecule has 3 rings (SSSR count). The summed E-state index contributed by atoms with van der Waals surface area (Å²) >= 11 is 0. The Kier molecular flexibility index (Phi) is 3.88. The van der Waals surface area contributed by atoms with E-state index in [0.29, 0.717) is 6.61 Å². The maximum absolute atomic E-state index is 5.85. The summed E-state index contributed by atoms with van der Waals surface area (Å²) < 4.78 is 5.85. The van der Waals surface area contributed by atoms with Gasteiger partial charge in [0.05, 0.1) is 0 Å². The highest BCUT2D eigenvalue weighted by molar-refractivity contribution is 5.68. The summed E-state index contributed by atoms with van der Waals surface area (Å²) in [5.74, 6) is 0.860. The quantitative estimate of drug-likeness (QED) is 0.711. The molecule has 0 spiro atoms. The summed E-state index contributed by atoms with van der Waals surface area (Å²) in [5.41, 5.74) is 9.97. The van der Waals surface area contributed by atoms with Crippen molar-refractivity contribution in [1.29, 1.82) is 0 Å². The topological polar surface area (TPSA) is 35.2 Å². The fraction of sp³-hybridized carbons (Fsp3) is 0.0526. The van der Waals surface area contributed by atoms with E-state index in [0.717, 1.165) is 28.1 Å². The van der Waals surface area contributed by atoms with Crippen molar-refractivity contribution in [1.82, 2.24) is 0 Å². The van der Waals surface area contributed by atoms with Crippen LogP contribution in [0, 0.1) is 0 Å². The van der Waals surface area contributed by atoms with E-state index in [1.54, 1.807) is 0 Å². The number of ether oxygens (including phenoxy) is 1. The lowest BCUT2D eigenvalue weighted by Crippen LogP contribution is -1.95. The Morgan fingerprint density at radius 2 is 1.43 bits per heavy atom. The molecule has 0 aliphatic rings. The van der Waals surface area contributed by atoms with Gasteiger partial charge in [0.15, 0.2) is 0 Å².